The smallest absolute Gasteiger partial charge is 0.138 e. The molecule has 2 aliphatic heterocycles. The number of carbonyl (C=O) groups is 1. The van der Waals surface area contributed by atoms with Crippen molar-refractivity contribution in [2.75, 3.05) is 5.75 Å². The minimum Gasteiger partial charge on any atom is -0.299 e. The Morgan fingerprint density at radius 1 is 0.962 bits per heavy atom. The van der Waals surface area contributed by atoms with Crippen LogP contribution < -0.4 is 0 Å². The van der Waals surface area contributed by atoms with Gasteiger partial charge in [-0.2, -0.15) is 0 Å². The first-order valence-electron chi connectivity index (χ1n) is 9.53. The number of carbonyl (C=O) groups excluding carboxylic acids is 1. The number of rotatable bonds is 3. The van der Waals surface area contributed by atoms with Crippen molar-refractivity contribution in [3.63, 3.8) is 0 Å². The summed E-state index contributed by atoms with van der Waals surface area (Å²) in [6.45, 7) is 0. The third-order valence-corrected chi connectivity index (χ3v) is 7.55. The van der Waals surface area contributed by atoms with Crippen molar-refractivity contribution in [3.8, 4) is 0 Å². The van der Waals surface area contributed by atoms with Gasteiger partial charge >= 0.3 is 0 Å². The molecule has 0 spiro atoms. The van der Waals surface area contributed by atoms with Crippen LogP contribution in [0.5, 0.6) is 0 Å². The molecule has 0 aromatic heterocycles. The Kier molecular flexibility index (Phi) is 4.22. The van der Waals surface area contributed by atoms with Gasteiger partial charge in [0.05, 0.1) is 5.37 Å². The highest BCUT2D eigenvalue weighted by molar-refractivity contribution is 7.99. The van der Waals surface area contributed by atoms with Gasteiger partial charge in [-0.05, 0) is 17.5 Å². The molecule has 5 rings (SSSR count). The van der Waals surface area contributed by atoms with Crippen LogP contribution >= 0.6 is 11.8 Å². The second kappa shape index (κ2) is 6.71. The van der Waals surface area contributed by atoms with Crippen LogP contribution in [-0.2, 0) is 4.79 Å². The van der Waals surface area contributed by atoms with Crippen molar-refractivity contribution in [2.45, 2.75) is 30.3 Å². The lowest BCUT2D eigenvalue weighted by Crippen LogP contribution is -2.34. The van der Waals surface area contributed by atoms with Crippen LogP contribution in [0.15, 0.2) is 66.7 Å². The van der Waals surface area contributed by atoms with Gasteiger partial charge in [0.25, 0.3) is 0 Å². The van der Waals surface area contributed by atoms with E-state index in [4.69, 9.17) is 0 Å². The van der Waals surface area contributed by atoms with E-state index in [-0.39, 0.29) is 5.92 Å². The third-order valence-electron chi connectivity index (χ3n) is 6.19. The van der Waals surface area contributed by atoms with Gasteiger partial charge in [-0.1, -0.05) is 72.8 Å². The number of hydrogen-bond donors (Lipinski definition) is 0. The fraction of sp³-hybridized carbons (Fsp3) is 0.348. The molecule has 3 fully saturated rings. The van der Waals surface area contributed by atoms with Gasteiger partial charge in [0.15, 0.2) is 0 Å². The highest BCUT2D eigenvalue weighted by Gasteiger charge is 2.57. The number of benzene rings is 2. The molecule has 3 aliphatic rings. The van der Waals surface area contributed by atoms with Crippen LogP contribution in [0.25, 0.3) is 6.08 Å². The summed E-state index contributed by atoms with van der Waals surface area (Å²) in [4.78, 5) is 15.4. The summed E-state index contributed by atoms with van der Waals surface area (Å²) in [5, 5.41) is 0.398. The predicted molar refractivity (Wildman–Crippen MR) is 108 cm³/mol. The first-order chi connectivity index (χ1) is 12.8. The van der Waals surface area contributed by atoms with Crippen molar-refractivity contribution in [3.05, 3.63) is 77.9 Å². The zero-order valence-electron chi connectivity index (χ0n) is 14.7. The van der Waals surface area contributed by atoms with Gasteiger partial charge in [0, 0.05) is 36.1 Å². The minimum absolute atomic E-state index is 0.187. The van der Waals surface area contributed by atoms with Gasteiger partial charge in [-0.3, -0.25) is 9.69 Å². The highest BCUT2D eigenvalue weighted by atomic mass is 32.2. The van der Waals surface area contributed by atoms with Gasteiger partial charge < -0.3 is 0 Å². The summed E-state index contributed by atoms with van der Waals surface area (Å²) >= 11 is 2.04. The molecule has 0 radical (unpaired) electrons. The molecule has 0 unspecified atom stereocenters. The fourth-order valence-electron chi connectivity index (χ4n) is 5.08. The zero-order valence-corrected chi connectivity index (χ0v) is 15.5. The Labute approximate surface area is 159 Å². The van der Waals surface area contributed by atoms with Gasteiger partial charge in [0.2, 0.25) is 0 Å². The molecule has 26 heavy (non-hydrogen) atoms. The van der Waals surface area contributed by atoms with Crippen LogP contribution in [0, 0.1) is 11.8 Å². The standard InChI is InChI=1S/C23H23NOS/c25-21-14-13-19-22(21)18(12-11-16-7-3-1-4-8-16)20-15-26-23(24(19)20)17-9-5-2-6-10-17/h1-12,18-20,22-23H,13-15H2/b12-11+/t18-,19+,20+,22+,23+/m0/s1. The maximum Gasteiger partial charge on any atom is 0.138 e. The van der Waals surface area contributed by atoms with Crippen molar-refractivity contribution in [1.29, 1.82) is 0 Å². The summed E-state index contributed by atoms with van der Waals surface area (Å²) < 4.78 is 0. The van der Waals surface area contributed by atoms with Crippen LogP contribution in [0.1, 0.15) is 29.3 Å². The van der Waals surface area contributed by atoms with Crippen molar-refractivity contribution < 1.29 is 4.79 Å². The maximum absolute atomic E-state index is 12.7. The summed E-state index contributed by atoms with van der Waals surface area (Å²) in [6.07, 6.45) is 6.33. The lowest BCUT2D eigenvalue weighted by atomic mass is 9.87. The Balaban J connectivity index is 1.47. The number of nitrogens with zero attached hydrogens (tertiary/aromatic N) is 1. The van der Waals surface area contributed by atoms with Crippen LogP contribution in [0.3, 0.4) is 0 Å². The van der Waals surface area contributed by atoms with Crippen LogP contribution in [-0.4, -0.2) is 28.5 Å². The predicted octanol–water partition coefficient (Wildman–Crippen LogP) is 4.79. The van der Waals surface area contributed by atoms with E-state index in [1.54, 1.807) is 0 Å². The van der Waals surface area contributed by atoms with E-state index < -0.39 is 0 Å². The number of hydrogen-bond acceptors (Lipinski definition) is 3. The van der Waals surface area contributed by atoms with Gasteiger partial charge in [0.1, 0.15) is 5.78 Å². The van der Waals surface area contributed by atoms with Crippen LogP contribution in [0.2, 0.25) is 0 Å². The lowest BCUT2D eigenvalue weighted by molar-refractivity contribution is -0.121. The van der Waals surface area contributed by atoms with E-state index in [2.05, 4.69) is 71.6 Å². The third kappa shape index (κ3) is 2.65. The van der Waals surface area contributed by atoms with Gasteiger partial charge in [-0.15, -0.1) is 11.8 Å². The van der Waals surface area contributed by atoms with E-state index >= 15 is 0 Å². The molecule has 5 atom stereocenters. The van der Waals surface area contributed by atoms with Crippen LogP contribution in [0.4, 0.5) is 0 Å². The zero-order chi connectivity index (χ0) is 17.5. The quantitative estimate of drug-likeness (QED) is 0.784. The lowest BCUT2D eigenvalue weighted by Gasteiger charge is -2.29. The molecule has 0 bridgehead atoms. The summed E-state index contributed by atoms with van der Waals surface area (Å²) in [6, 6.07) is 22.1. The number of Topliss-reactive ketones (excluding diaryl/α,β-unsaturated/α-hetero) is 1. The molecule has 132 valence electrons. The summed E-state index contributed by atoms with van der Waals surface area (Å²) in [7, 11) is 0. The molecule has 1 saturated carbocycles. The first-order valence-corrected chi connectivity index (χ1v) is 10.6. The van der Waals surface area contributed by atoms with E-state index in [0.29, 0.717) is 29.2 Å². The van der Waals surface area contributed by atoms with E-state index in [1.807, 2.05) is 17.8 Å². The SMILES string of the molecule is O=C1CC[C@@H]2[C@H]1[C@@H](/C=C/c1ccccc1)[C@H]1CS[C@H](c3ccccc3)N12. The average molecular weight is 362 g/mol. The Bertz CT molecular complexity index is 819. The number of ketones is 1. The highest BCUT2D eigenvalue weighted by Crippen LogP contribution is 2.55. The molecule has 0 N–H and O–H groups in total. The van der Waals surface area contributed by atoms with E-state index in [1.165, 1.54) is 11.1 Å². The summed E-state index contributed by atoms with van der Waals surface area (Å²) in [5.74, 6) is 2.12. The van der Waals surface area contributed by atoms with E-state index in [9.17, 15) is 4.79 Å². The molecule has 2 aromatic rings. The van der Waals surface area contributed by atoms with Crippen molar-refractivity contribution in [2.24, 2.45) is 11.8 Å². The average Bonchev–Trinajstić information content (AvgIpc) is 3.35. The molecule has 2 nitrogen and oxygen atoms in total. The molecular formula is C23H23NOS. The van der Waals surface area contributed by atoms with Crippen molar-refractivity contribution >= 4 is 23.6 Å². The minimum atomic E-state index is 0.187. The number of thioether (sulfide) groups is 1. The molecule has 3 heteroatoms. The van der Waals surface area contributed by atoms with E-state index in [0.717, 1.165) is 18.6 Å². The van der Waals surface area contributed by atoms with Crippen molar-refractivity contribution in [1.82, 2.24) is 4.90 Å². The topological polar surface area (TPSA) is 20.3 Å². The molecule has 0 amide bonds. The monoisotopic (exact) mass is 361 g/mol. The fourth-order valence-corrected chi connectivity index (χ4v) is 6.69. The molecule has 2 saturated heterocycles. The molecule has 1 aliphatic carbocycles. The number of fused-ring (bicyclic) bond motifs is 3. The Hall–Kier alpha value is -1.84. The molecule has 2 heterocycles. The normalized spacial score (nSPS) is 33.7. The Morgan fingerprint density at radius 2 is 1.69 bits per heavy atom. The summed E-state index contributed by atoms with van der Waals surface area (Å²) in [5.41, 5.74) is 2.60. The van der Waals surface area contributed by atoms with Gasteiger partial charge in [-0.25, -0.2) is 0 Å². The molecule has 2 aromatic carbocycles. The second-order valence-corrected chi connectivity index (χ2v) is 8.67. The maximum atomic E-state index is 12.7. The Morgan fingerprint density at radius 3 is 2.46 bits per heavy atom. The largest absolute Gasteiger partial charge is 0.299 e. The first kappa shape index (κ1) is 16.3. The molecular weight excluding hydrogens is 338 g/mol. The second-order valence-electron chi connectivity index (χ2n) is 7.56.